The van der Waals surface area contributed by atoms with E-state index in [4.69, 9.17) is 9.47 Å². The number of methoxy groups -OCH3 is 2. The highest BCUT2D eigenvalue weighted by molar-refractivity contribution is 9.10. The van der Waals surface area contributed by atoms with Gasteiger partial charge in [0, 0.05) is 5.56 Å². The van der Waals surface area contributed by atoms with Gasteiger partial charge in [0.25, 0.3) is 0 Å². The predicted molar refractivity (Wildman–Crippen MR) is 62.3 cm³/mol. The second-order valence-electron chi connectivity index (χ2n) is 3.05. The summed E-state index contributed by atoms with van der Waals surface area (Å²) in [5.74, 6) is 1.21. The van der Waals surface area contributed by atoms with E-state index in [2.05, 4.69) is 15.9 Å². The topological polar surface area (TPSA) is 35.5 Å². The average molecular weight is 273 g/mol. The lowest BCUT2D eigenvalue weighted by Crippen LogP contribution is -2.10. The Balaban J connectivity index is 3.08. The van der Waals surface area contributed by atoms with E-state index >= 15 is 0 Å². The highest BCUT2D eigenvalue weighted by Gasteiger charge is 2.14. The van der Waals surface area contributed by atoms with Crippen molar-refractivity contribution >= 4 is 21.7 Å². The molecular weight excluding hydrogens is 260 g/mol. The Morgan fingerprint density at radius 1 is 1.27 bits per heavy atom. The molecule has 3 nitrogen and oxygen atoms in total. The van der Waals surface area contributed by atoms with Crippen LogP contribution in [0.25, 0.3) is 0 Å². The number of benzene rings is 1. The van der Waals surface area contributed by atoms with E-state index in [-0.39, 0.29) is 10.6 Å². The summed E-state index contributed by atoms with van der Waals surface area (Å²) < 4.78 is 10.2. The maximum atomic E-state index is 11.7. The largest absolute Gasteiger partial charge is 0.493 e. The number of hydrogen-bond acceptors (Lipinski definition) is 3. The van der Waals surface area contributed by atoms with Crippen molar-refractivity contribution in [3.63, 3.8) is 0 Å². The molecule has 1 aromatic rings. The minimum atomic E-state index is -0.199. The lowest BCUT2D eigenvalue weighted by atomic mass is 10.1. The number of halogens is 1. The molecule has 0 aliphatic heterocycles. The van der Waals surface area contributed by atoms with Crippen LogP contribution in [-0.4, -0.2) is 24.8 Å². The Morgan fingerprint density at radius 3 is 2.33 bits per heavy atom. The quantitative estimate of drug-likeness (QED) is 0.625. The highest BCUT2D eigenvalue weighted by atomic mass is 79.9. The summed E-state index contributed by atoms with van der Waals surface area (Å²) in [6.07, 6.45) is 0. The van der Waals surface area contributed by atoms with Crippen molar-refractivity contribution in [2.45, 2.75) is 11.8 Å². The van der Waals surface area contributed by atoms with E-state index in [1.54, 1.807) is 39.3 Å². The van der Waals surface area contributed by atoms with Gasteiger partial charge in [-0.25, -0.2) is 0 Å². The Hall–Kier alpha value is -1.03. The third-order valence-corrected chi connectivity index (χ3v) is 2.45. The lowest BCUT2D eigenvalue weighted by molar-refractivity contribution is 0.0995. The van der Waals surface area contributed by atoms with Gasteiger partial charge in [-0.3, -0.25) is 4.79 Å². The minimum absolute atomic E-state index is 0.0240. The molecular formula is C11H13BrO3. The third kappa shape index (κ3) is 2.72. The summed E-state index contributed by atoms with van der Waals surface area (Å²) in [7, 11) is 3.11. The molecule has 15 heavy (non-hydrogen) atoms. The van der Waals surface area contributed by atoms with Gasteiger partial charge < -0.3 is 9.47 Å². The van der Waals surface area contributed by atoms with Crippen LogP contribution in [0.1, 0.15) is 17.3 Å². The first-order valence-corrected chi connectivity index (χ1v) is 5.42. The predicted octanol–water partition coefficient (Wildman–Crippen LogP) is 2.67. The number of carbonyl (C=O) groups is 1. The van der Waals surface area contributed by atoms with Crippen molar-refractivity contribution in [1.82, 2.24) is 0 Å². The van der Waals surface area contributed by atoms with Crippen molar-refractivity contribution in [3.05, 3.63) is 23.8 Å². The van der Waals surface area contributed by atoms with Crippen molar-refractivity contribution in [2.24, 2.45) is 0 Å². The van der Waals surface area contributed by atoms with Gasteiger partial charge in [-0.15, -0.1) is 0 Å². The number of Topliss-reactive ketones (excluding diaryl/α,β-unsaturated/α-hetero) is 1. The number of ketones is 1. The fourth-order valence-corrected chi connectivity index (χ4v) is 1.48. The number of rotatable bonds is 4. The molecule has 0 saturated heterocycles. The molecule has 0 radical (unpaired) electrons. The zero-order valence-corrected chi connectivity index (χ0v) is 10.5. The molecule has 0 aliphatic carbocycles. The molecule has 1 aromatic carbocycles. The first kappa shape index (κ1) is 12.0. The smallest absolute Gasteiger partial charge is 0.176 e. The van der Waals surface area contributed by atoms with Crippen molar-refractivity contribution < 1.29 is 14.3 Å². The van der Waals surface area contributed by atoms with Crippen LogP contribution in [0.4, 0.5) is 0 Å². The van der Waals surface area contributed by atoms with Crippen molar-refractivity contribution in [1.29, 1.82) is 0 Å². The first-order chi connectivity index (χ1) is 7.10. The normalized spacial score (nSPS) is 12.0. The van der Waals surface area contributed by atoms with Gasteiger partial charge in [0.05, 0.1) is 19.0 Å². The van der Waals surface area contributed by atoms with Crippen LogP contribution in [-0.2, 0) is 0 Å². The van der Waals surface area contributed by atoms with Gasteiger partial charge >= 0.3 is 0 Å². The van der Waals surface area contributed by atoms with Crippen LogP contribution in [0.5, 0.6) is 11.5 Å². The molecule has 0 aromatic heterocycles. The van der Waals surface area contributed by atoms with Gasteiger partial charge in [-0.2, -0.15) is 0 Å². The zero-order chi connectivity index (χ0) is 11.4. The molecule has 0 amide bonds. The Bertz CT molecular complexity index is 361. The fourth-order valence-electron chi connectivity index (χ4n) is 1.22. The maximum absolute atomic E-state index is 11.7. The molecule has 1 unspecified atom stereocenters. The average Bonchev–Trinajstić information content (AvgIpc) is 2.26. The van der Waals surface area contributed by atoms with E-state index in [0.717, 1.165) is 0 Å². The Kier molecular flexibility index (Phi) is 4.15. The molecule has 0 fully saturated rings. The van der Waals surface area contributed by atoms with E-state index in [1.165, 1.54) is 0 Å². The molecule has 0 spiro atoms. The van der Waals surface area contributed by atoms with Crippen LogP contribution in [0.15, 0.2) is 18.2 Å². The number of alkyl halides is 1. The van der Waals surface area contributed by atoms with Gasteiger partial charge in [0.2, 0.25) is 0 Å². The molecule has 82 valence electrons. The molecule has 4 heteroatoms. The monoisotopic (exact) mass is 272 g/mol. The molecule has 0 heterocycles. The van der Waals surface area contributed by atoms with Gasteiger partial charge in [0.15, 0.2) is 17.3 Å². The zero-order valence-electron chi connectivity index (χ0n) is 8.91. The van der Waals surface area contributed by atoms with Crippen LogP contribution in [0.3, 0.4) is 0 Å². The van der Waals surface area contributed by atoms with E-state index < -0.39 is 0 Å². The molecule has 0 N–H and O–H groups in total. The molecule has 1 atom stereocenters. The fraction of sp³-hybridized carbons (Fsp3) is 0.364. The summed E-state index contributed by atoms with van der Waals surface area (Å²) in [6, 6.07) is 5.13. The second kappa shape index (κ2) is 5.16. The van der Waals surface area contributed by atoms with Crippen LogP contribution < -0.4 is 9.47 Å². The summed E-state index contributed by atoms with van der Waals surface area (Å²) in [5.41, 5.74) is 0.608. The standard InChI is InChI=1S/C11H13BrO3/c1-7(12)11(13)8-4-5-9(14-2)10(6-8)15-3/h4-7H,1-3H3. The van der Waals surface area contributed by atoms with E-state index in [9.17, 15) is 4.79 Å². The molecule has 1 rings (SSSR count). The number of carbonyl (C=O) groups excluding carboxylic acids is 1. The third-order valence-electron chi connectivity index (χ3n) is 2.03. The summed E-state index contributed by atoms with van der Waals surface area (Å²) in [6.45, 7) is 1.79. The number of hydrogen-bond donors (Lipinski definition) is 0. The number of ether oxygens (including phenoxy) is 2. The van der Waals surface area contributed by atoms with Crippen molar-refractivity contribution in [2.75, 3.05) is 14.2 Å². The lowest BCUT2D eigenvalue weighted by Gasteiger charge is -2.09. The van der Waals surface area contributed by atoms with Gasteiger partial charge in [-0.1, -0.05) is 15.9 Å². The van der Waals surface area contributed by atoms with E-state index in [0.29, 0.717) is 17.1 Å². The van der Waals surface area contributed by atoms with Crippen LogP contribution >= 0.6 is 15.9 Å². The SMILES string of the molecule is COc1ccc(C(=O)C(C)Br)cc1OC. The maximum Gasteiger partial charge on any atom is 0.176 e. The molecule has 0 saturated carbocycles. The van der Waals surface area contributed by atoms with Crippen LogP contribution in [0.2, 0.25) is 0 Å². The molecule has 0 bridgehead atoms. The highest BCUT2D eigenvalue weighted by Crippen LogP contribution is 2.28. The van der Waals surface area contributed by atoms with E-state index in [1.807, 2.05) is 0 Å². The first-order valence-electron chi connectivity index (χ1n) is 4.50. The summed E-state index contributed by atoms with van der Waals surface area (Å²) in [5, 5.41) is 0. The van der Waals surface area contributed by atoms with Gasteiger partial charge in [0.1, 0.15) is 0 Å². The summed E-state index contributed by atoms with van der Waals surface area (Å²) >= 11 is 3.24. The Morgan fingerprint density at radius 2 is 1.87 bits per heavy atom. The summed E-state index contributed by atoms with van der Waals surface area (Å²) in [4.78, 5) is 11.5. The molecule has 0 aliphatic rings. The van der Waals surface area contributed by atoms with Crippen molar-refractivity contribution in [3.8, 4) is 11.5 Å². The Labute approximate surface area is 97.5 Å². The minimum Gasteiger partial charge on any atom is -0.493 e. The van der Waals surface area contributed by atoms with Gasteiger partial charge in [-0.05, 0) is 25.1 Å². The second-order valence-corrected chi connectivity index (χ2v) is 4.42. The van der Waals surface area contributed by atoms with Crippen LogP contribution in [0, 0.1) is 0 Å².